The van der Waals surface area contributed by atoms with Gasteiger partial charge in [0.25, 0.3) is 0 Å². The first kappa shape index (κ1) is 24.7. The Hall–Kier alpha value is -3.39. The van der Waals surface area contributed by atoms with Gasteiger partial charge in [-0.25, -0.2) is 4.98 Å². The van der Waals surface area contributed by atoms with Crippen molar-refractivity contribution in [2.45, 2.75) is 51.9 Å². The van der Waals surface area contributed by atoms with E-state index in [4.69, 9.17) is 10.4 Å². The molecule has 8 heteroatoms. The van der Waals surface area contributed by atoms with Gasteiger partial charge in [-0.15, -0.1) is 5.10 Å². The van der Waals surface area contributed by atoms with Crippen molar-refractivity contribution in [2.75, 3.05) is 31.5 Å². The molecule has 35 heavy (non-hydrogen) atoms. The van der Waals surface area contributed by atoms with Gasteiger partial charge in [0.05, 0.1) is 17.2 Å². The number of anilines is 2. The maximum atomic E-state index is 7.88. The SMILES string of the molecule is CCC(C)(C)c1cnnc(Nc2ccc3ncc(/C(C=N)=C/NCCCN4CCCC4)cc3n2)c1. The number of hydrogen-bond acceptors (Lipinski definition) is 8. The highest BCUT2D eigenvalue weighted by molar-refractivity contribution is 6.08. The summed E-state index contributed by atoms with van der Waals surface area (Å²) in [5.41, 5.74) is 4.36. The van der Waals surface area contributed by atoms with Gasteiger partial charge in [0.1, 0.15) is 5.82 Å². The van der Waals surface area contributed by atoms with Crippen molar-refractivity contribution in [1.29, 1.82) is 5.41 Å². The number of pyridine rings is 2. The van der Waals surface area contributed by atoms with Gasteiger partial charge in [-0.1, -0.05) is 20.8 Å². The van der Waals surface area contributed by atoms with Crippen LogP contribution in [0.4, 0.5) is 11.6 Å². The lowest BCUT2D eigenvalue weighted by molar-refractivity contribution is 0.333. The van der Waals surface area contributed by atoms with Crippen LogP contribution in [0.5, 0.6) is 0 Å². The van der Waals surface area contributed by atoms with Gasteiger partial charge in [-0.2, -0.15) is 5.10 Å². The molecule has 0 saturated carbocycles. The number of nitrogens with one attached hydrogen (secondary N) is 3. The maximum Gasteiger partial charge on any atom is 0.154 e. The first-order chi connectivity index (χ1) is 17.0. The minimum Gasteiger partial charge on any atom is -0.390 e. The molecule has 0 aromatic carbocycles. The molecule has 3 N–H and O–H groups in total. The van der Waals surface area contributed by atoms with Gasteiger partial charge in [0, 0.05) is 36.3 Å². The molecule has 0 bridgehead atoms. The van der Waals surface area contributed by atoms with Crippen LogP contribution in [-0.4, -0.2) is 57.5 Å². The second kappa shape index (κ2) is 11.4. The Labute approximate surface area is 207 Å². The number of nitrogens with zero attached hydrogens (tertiary/aromatic N) is 5. The lowest BCUT2D eigenvalue weighted by Gasteiger charge is -2.22. The third-order valence-electron chi connectivity index (χ3n) is 6.85. The molecule has 1 aliphatic heterocycles. The van der Waals surface area contributed by atoms with E-state index in [-0.39, 0.29) is 5.41 Å². The Morgan fingerprint density at radius 3 is 2.71 bits per heavy atom. The summed E-state index contributed by atoms with van der Waals surface area (Å²) in [6.07, 6.45) is 11.6. The Morgan fingerprint density at radius 2 is 1.94 bits per heavy atom. The molecule has 0 aliphatic carbocycles. The molecule has 0 radical (unpaired) electrons. The van der Waals surface area contributed by atoms with Crippen LogP contribution in [-0.2, 0) is 5.41 Å². The molecule has 8 nitrogen and oxygen atoms in total. The first-order valence-corrected chi connectivity index (χ1v) is 12.5. The molecule has 4 heterocycles. The molecule has 1 saturated heterocycles. The van der Waals surface area contributed by atoms with Crippen LogP contribution in [0.3, 0.4) is 0 Å². The van der Waals surface area contributed by atoms with Crippen molar-refractivity contribution >= 4 is 34.5 Å². The average Bonchev–Trinajstić information content (AvgIpc) is 3.39. The largest absolute Gasteiger partial charge is 0.390 e. The van der Waals surface area contributed by atoms with Crippen molar-refractivity contribution in [2.24, 2.45) is 0 Å². The van der Waals surface area contributed by atoms with Crippen LogP contribution < -0.4 is 10.6 Å². The Kier molecular flexibility index (Phi) is 8.02. The lowest BCUT2D eigenvalue weighted by atomic mass is 9.83. The van der Waals surface area contributed by atoms with E-state index in [0.29, 0.717) is 11.6 Å². The fourth-order valence-corrected chi connectivity index (χ4v) is 4.17. The number of fused-ring (bicyclic) bond motifs is 1. The second-order valence-corrected chi connectivity index (χ2v) is 9.75. The molecular weight excluding hydrogens is 436 g/mol. The molecule has 0 unspecified atom stereocenters. The summed E-state index contributed by atoms with van der Waals surface area (Å²) in [6, 6.07) is 7.83. The van der Waals surface area contributed by atoms with E-state index < -0.39 is 0 Å². The predicted octanol–water partition coefficient (Wildman–Crippen LogP) is 4.92. The van der Waals surface area contributed by atoms with Crippen LogP contribution in [0.1, 0.15) is 57.6 Å². The summed E-state index contributed by atoms with van der Waals surface area (Å²) < 4.78 is 0. The highest BCUT2D eigenvalue weighted by Gasteiger charge is 2.19. The normalized spacial score (nSPS) is 14.9. The van der Waals surface area contributed by atoms with E-state index in [1.807, 2.05) is 36.7 Å². The van der Waals surface area contributed by atoms with Crippen LogP contribution in [0, 0.1) is 5.41 Å². The molecule has 0 amide bonds. The van der Waals surface area contributed by atoms with Crippen molar-refractivity contribution in [1.82, 2.24) is 30.4 Å². The van der Waals surface area contributed by atoms with E-state index in [1.165, 1.54) is 32.1 Å². The number of rotatable bonds is 11. The summed E-state index contributed by atoms with van der Waals surface area (Å²) >= 11 is 0. The molecule has 1 fully saturated rings. The minimum atomic E-state index is 0.0275. The Morgan fingerprint density at radius 1 is 1.11 bits per heavy atom. The van der Waals surface area contributed by atoms with E-state index in [0.717, 1.165) is 53.7 Å². The van der Waals surface area contributed by atoms with Crippen molar-refractivity contribution in [3.8, 4) is 0 Å². The van der Waals surface area contributed by atoms with E-state index in [1.54, 1.807) is 6.20 Å². The van der Waals surface area contributed by atoms with Gasteiger partial charge in [-0.3, -0.25) is 4.98 Å². The van der Waals surface area contributed by atoms with Crippen molar-refractivity contribution in [3.63, 3.8) is 0 Å². The molecule has 4 rings (SSSR count). The van der Waals surface area contributed by atoms with Crippen LogP contribution in [0.15, 0.2) is 42.9 Å². The fraction of sp³-hybridized carbons (Fsp3) is 0.444. The lowest BCUT2D eigenvalue weighted by Crippen LogP contribution is -2.23. The molecule has 184 valence electrons. The maximum absolute atomic E-state index is 7.88. The molecule has 3 aromatic heterocycles. The predicted molar refractivity (Wildman–Crippen MR) is 143 cm³/mol. The molecule has 0 spiro atoms. The first-order valence-electron chi connectivity index (χ1n) is 12.5. The Balaban J connectivity index is 1.45. The third-order valence-corrected chi connectivity index (χ3v) is 6.85. The van der Waals surface area contributed by atoms with Gasteiger partial charge in [0.2, 0.25) is 0 Å². The molecular formula is C27H36N8. The fourth-order valence-electron chi connectivity index (χ4n) is 4.17. The summed E-state index contributed by atoms with van der Waals surface area (Å²) in [7, 11) is 0. The summed E-state index contributed by atoms with van der Waals surface area (Å²) in [4.78, 5) is 11.8. The topological polar surface area (TPSA) is 103 Å². The van der Waals surface area contributed by atoms with E-state index in [9.17, 15) is 0 Å². The zero-order chi connectivity index (χ0) is 24.7. The summed E-state index contributed by atoms with van der Waals surface area (Å²) in [5, 5.41) is 22.9. The standard InChI is InChI=1S/C27H36N8/c1-4-27(2,3)22-15-26(34-31-19-22)33-25-9-8-23-24(32-25)14-20(18-30-23)21(16-28)17-29-10-7-13-35-11-5-6-12-35/h8-9,14-19,28-29H,4-7,10-13H2,1-3H3,(H,32,33,34)/b21-17+,28-16?. The molecule has 3 aromatic rings. The summed E-state index contributed by atoms with van der Waals surface area (Å²) in [5.74, 6) is 1.34. The van der Waals surface area contributed by atoms with Gasteiger partial charge >= 0.3 is 0 Å². The monoisotopic (exact) mass is 472 g/mol. The highest BCUT2D eigenvalue weighted by atomic mass is 15.2. The minimum absolute atomic E-state index is 0.0275. The van der Waals surface area contributed by atoms with E-state index in [2.05, 4.69) is 51.5 Å². The smallest absolute Gasteiger partial charge is 0.154 e. The van der Waals surface area contributed by atoms with Crippen molar-refractivity contribution in [3.05, 3.63) is 54.0 Å². The summed E-state index contributed by atoms with van der Waals surface area (Å²) in [6.45, 7) is 11.0. The van der Waals surface area contributed by atoms with E-state index >= 15 is 0 Å². The average molecular weight is 473 g/mol. The second-order valence-electron chi connectivity index (χ2n) is 9.75. The van der Waals surface area contributed by atoms with Crippen LogP contribution in [0.2, 0.25) is 0 Å². The van der Waals surface area contributed by atoms with Crippen LogP contribution >= 0.6 is 0 Å². The Bertz CT molecular complexity index is 1180. The van der Waals surface area contributed by atoms with Gasteiger partial charge < -0.3 is 20.9 Å². The molecule has 1 aliphatic rings. The number of likely N-dealkylation sites (tertiary alicyclic amines) is 1. The van der Waals surface area contributed by atoms with Crippen molar-refractivity contribution < 1.29 is 0 Å². The molecule has 0 atom stereocenters. The zero-order valence-electron chi connectivity index (χ0n) is 21.0. The van der Waals surface area contributed by atoms with Gasteiger partial charge in [0.15, 0.2) is 5.82 Å². The highest BCUT2D eigenvalue weighted by Crippen LogP contribution is 2.28. The quantitative estimate of drug-likeness (QED) is 0.269. The number of allylic oxidation sites excluding steroid dienone is 1. The van der Waals surface area contributed by atoms with Gasteiger partial charge in [-0.05, 0) is 80.6 Å². The number of aromatic nitrogens is 4. The third kappa shape index (κ3) is 6.39. The zero-order valence-corrected chi connectivity index (χ0v) is 21.0. The van der Waals surface area contributed by atoms with Crippen LogP contribution in [0.25, 0.3) is 16.6 Å². The number of hydrogen-bond donors (Lipinski definition) is 3.